The minimum Gasteiger partial charge on any atom is -0.0617 e. The van der Waals surface area contributed by atoms with E-state index in [-0.39, 0.29) is 0 Å². The highest BCUT2D eigenvalue weighted by atomic mass is 14.1. The number of rotatable bonds is 2. The second kappa shape index (κ2) is 15.2. The van der Waals surface area contributed by atoms with E-state index in [0.717, 1.165) is 22.3 Å². The average Bonchev–Trinajstić information content (AvgIpc) is 3.31. The molecule has 0 radical (unpaired) electrons. The molecule has 0 amide bonds. The van der Waals surface area contributed by atoms with Crippen molar-refractivity contribution in [3.8, 4) is 23.7 Å². The minimum absolute atomic E-state index is 1.03. The molecule has 0 aromatic heterocycles. The number of fused-ring (bicyclic) bond motifs is 8. The highest BCUT2D eigenvalue weighted by Gasteiger charge is 2.07. The zero-order valence-electron chi connectivity index (χ0n) is 35.6. The molecule has 0 N–H and O–H groups in total. The largest absolute Gasteiger partial charge is 0.0617 e. The van der Waals surface area contributed by atoms with Gasteiger partial charge in [-0.15, -0.1) is 0 Å². The van der Waals surface area contributed by atoms with Crippen molar-refractivity contribution in [1.82, 2.24) is 0 Å². The summed E-state index contributed by atoms with van der Waals surface area (Å²) in [6, 6.07) is 71.2. The summed E-state index contributed by atoms with van der Waals surface area (Å²) in [5, 5.41) is 19.8. The first-order chi connectivity index (χ1) is 31.4. The van der Waals surface area contributed by atoms with Crippen LogP contribution in [0.1, 0.15) is 44.5 Å². The Morgan fingerprint density at radius 2 is 0.453 bits per heavy atom. The van der Waals surface area contributed by atoms with Gasteiger partial charge in [0.05, 0.1) is 0 Å². The lowest BCUT2D eigenvalue weighted by atomic mass is 9.96. The standard InChI is InChI=1S/C64H40/c1-41-3-7-43(8-4-41)11-13-45-17-21-49-29-57-39-63-35-55-27-47(19-23-51(55)31-59(63)37-61(57)33-53(49)25-45)15-16-48-20-24-52-32-60-38-62-34-54-26-46(14-12-44-9-5-42(2)6-10-44)18-22-50(54)30-58(62)40-64(60)36-56(52)28-48/h3-10,15-40H,1-2H3. The molecule has 12 rings (SSSR count). The first-order valence-electron chi connectivity index (χ1n) is 21.9. The van der Waals surface area contributed by atoms with Gasteiger partial charge in [0.25, 0.3) is 0 Å². The van der Waals surface area contributed by atoms with Crippen LogP contribution in [0.25, 0.3) is 98.3 Å². The minimum atomic E-state index is 1.03. The summed E-state index contributed by atoms with van der Waals surface area (Å²) in [5.74, 6) is 13.4. The van der Waals surface area contributed by atoms with Gasteiger partial charge in [-0.25, -0.2) is 0 Å². The van der Waals surface area contributed by atoms with E-state index in [2.05, 4.69) is 244 Å². The van der Waals surface area contributed by atoms with Gasteiger partial charge in [0.15, 0.2) is 0 Å². The summed E-state index contributed by atoms with van der Waals surface area (Å²) >= 11 is 0. The maximum Gasteiger partial charge on any atom is 0.0255 e. The summed E-state index contributed by atoms with van der Waals surface area (Å²) in [6.07, 6.45) is 4.46. The van der Waals surface area contributed by atoms with Crippen LogP contribution in [0.2, 0.25) is 0 Å². The van der Waals surface area contributed by atoms with E-state index in [1.165, 1.54) is 108 Å². The summed E-state index contributed by atoms with van der Waals surface area (Å²) in [5.41, 5.74) is 8.97. The van der Waals surface area contributed by atoms with Crippen LogP contribution in [0, 0.1) is 37.5 Å². The summed E-state index contributed by atoms with van der Waals surface area (Å²) in [6.45, 7) is 4.20. The third-order valence-corrected chi connectivity index (χ3v) is 12.7. The molecule has 296 valence electrons. The zero-order valence-corrected chi connectivity index (χ0v) is 35.6. The van der Waals surface area contributed by atoms with Crippen LogP contribution in [-0.4, -0.2) is 0 Å². The van der Waals surface area contributed by atoms with Gasteiger partial charge in [-0.3, -0.25) is 0 Å². The first-order valence-corrected chi connectivity index (χ1v) is 21.9. The maximum atomic E-state index is 3.36. The average molecular weight is 809 g/mol. The normalized spacial score (nSPS) is 11.6. The third-order valence-electron chi connectivity index (χ3n) is 12.7. The Kier molecular flexibility index (Phi) is 8.86. The summed E-state index contributed by atoms with van der Waals surface area (Å²) in [7, 11) is 0. The second-order valence-corrected chi connectivity index (χ2v) is 17.4. The molecule has 0 nitrogen and oxygen atoms in total. The van der Waals surface area contributed by atoms with Gasteiger partial charge in [0, 0.05) is 22.3 Å². The molecule has 0 atom stereocenters. The predicted octanol–water partition coefficient (Wildman–Crippen LogP) is 16.5. The maximum absolute atomic E-state index is 3.36. The Balaban J connectivity index is 0.807. The molecule has 12 aromatic carbocycles. The Bertz CT molecular complexity index is 3800. The van der Waals surface area contributed by atoms with Crippen LogP contribution < -0.4 is 0 Å². The van der Waals surface area contributed by atoms with Crippen molar-refractivity contribution in [3.63, 3.8) is 0 Å². The van der Waals surface area contributed by atoms with Crippen molar-refractivity contribution in [2.75, 3.05) is 0 Å². The van der Waals surface area contributed by atoms with Crippen LogP contribution in [0.15, 0.2) is 194 Å². The monoisotopic (exact) mass is 808 g/mol. The summed E-state index contributed by atoms with van der Waals surface area (Å²) in [4.78, 5) is 0. The Labute approximate surface area is 372 Å². The molecule has 0 saturated heterocycles. The molecular weight excluding hydrogens is 769 g/mol. The first kappa shape index (κ1) is 37.4. The van der Waals surface area contributed by atoms with E-state index >= 15 is 0 Å². The van der Waals surface area contributed by atoms with Crippen LogP contribution in [0.4, 0.5) is 0 Å². The van der Waals surface area contributed by atoms with Gasteiger partial charge in [-0.05, 0) is 245 Å². The number of benzene rings is 12. The number of hydrogen-bond acceptors (Lipinski definition) is 0. The molecule has 0 aliphatic heterocycles. The van der Waals surface area contributed by atoms with Gasteiger partial charge in [-0.1, -0.05) is 108 Å². The van der Waals surface area contributed by atoms with E-state index in [4.69, 9.17) is 0 Å². The quantitative estimate of drug-likeness (QED) is 0.0927. The van der Waals surface area contributed by atoms with E-state index < -0.39 is 0 Å². The van der Waals surface area contributed by atoms with Crippen LogP contribution in [-0.2, 0) is 0 Å². The van der Waals surface area contributed by atoms with E-state index in [9.17, 15) is 0 Å². The molecule has 0 heteroatoms. The van der Waals surface area contributed by atoms with Gasteiger partial charge in [-0.2, -0.15) is 0 Å². The second-order valence-electron chi connectivity index (χ2n) is 17.4. The summed E-state index contributed by atoms with van der Waals surface area (Å²) < 4.78 is 0. The fourth-order valence-corrected chi connectivity index (χ4v) is 9.16. The predicted molar refractivity (Wildman–Crippen MR) is 276 cm³/mol. The van der Waals surface area contributed by atoms with Gasteiger partial charge in [0.2, 0.25) is 0 Å². The third kappa shape index (κ3) is 7.29. The van der Waals surface area contributed by atoms with Crippen LogP contribution in [0.5, 0.6) is 0 Å². The Hall–Kier alpha value is -8.42. The number of aryl methyl sites for hydroxylation is 2. The van der Waals surface area contributed by atoms with Gasteiger partial charge >= 0.3 is 0 Å². The van der Waals surface area contributed by atoms with Crippen molar-refractivity contribution in [3.05, 3.63) is 239 Å². The van der Waals surface area contributed by atoms with Gasteiger partial charge < -0.3 is 0 Å². The molecule has 0 fully saturated rings. The lowest BCUT2D eigenvalue weighted by Crippen LogP contribution is -1.83. The van der Waals surface area contributed by atoms with E-state index in [0.29, 0.717) is 0 Å². The molecule has 12 aromatic rings. The Morgan fingerprint density at radius 1 is 0.219 bits per heavy atom. The number of hydrogen-bond donors (Lipinski definition) is 0. The van der Waals surface area contributed by atoms with Crippen molar-refractivity contribution in [2.45, 2.75) is 13.8 Å². The topological polar surface area (TPSA) is 0 Å². The van der Waals surface area contributed by atoms with Crippen molar-refractivity contribution in [2.24, 2.45) is 0 Å². The molecular formula is C64H40. The molecule has 0 bridgehead atoms. The van der Waals surface area contributed by atoms with Crippen LogP contribution >= 0.6 is 0 Å². The smallest absolute Gasteiger partial charge is 0.0255 e. The highest BCUT2D eigenvalue weighted by molar-refractivity contribution is 6.10. The van der Waals surface area contributed by atoms with Crippen molar-refractivity contribution in [1.29, 1.82) is 0 Å². The fraction of sp³-hybridized carbons (Fsp3) is 0.0312. The molecule has 0 unspecified atom stereocenters. The van der Waals surface area contributed by atoms with Crippen molar-refractivity contribution >= 4 is 98.3 Å². The van der Waals surface area contributed by atoms with E-state index in [1.54, 1.807) is 0 Å². The SMILES string of the molecule is Cc1ccc(C#Cc2ccc3cc4cc5cc6cc(C=Cc7ccc8cc9cc%10cc%11cc(C#Cc%12ccc(C)cc%12)ccc%11cc%10cc9cc8c7)ccc6cc5cc4cc3c2)cc1. The molecule has 0 aliphatic carbocycles. The zero-order chi connectivity index (χ0) is 42.7. The lowest BCUT2D eigenvalue weighted by molar-refractivity contribution is 1.46. The highest BCUT2D eigenvalue weighted by Crippen LogP contribution is 2.33. The van der Waals surface area contributed by atoms with E-state index in [1.807, 2.05) is 0 Å². The molecule has 0 spiro atoms. The van der Waals surface area contributed by atoms with Crippen molar-refractivity contribution < 1.29 is 0 Å². The molecule has 0 saturated carbocycles. The molecule has 0 heterocycles. The fourth-order valence-electron chi connectivity index (χ4n) is 9.16. The Morgan fingerprint density at radius 3 is 0.781 bits per heavy atom. The molecule has 64 heavy (non-hydrogen) atoms. The molecule has 0 aliphatic rings. The van der Waals surface area contributed by atoms with Gasteiger partial charge in [0.1, 0.15) is 0 Å². The lowest BCUT2D eigenvalue weighted by Gasteiger charge is -2.08. The van der Waals surface area contributed by atoms with Crippen LogP contribution in [0.3, 0.4) is 0 Å².